The van der Waals surface area contributed by atoms with E-state index in [1.54, 1.807) is 6.07 Å². The Morgan fingerprint density at radius 3 is 2.36 bits per heavy atom. The maximum Gasteiger partial charge on any atom is 0.356 e. The normalized spacial score (nSPS) is 17.6. The summed E-state index contributed by atoms with van der Waals surface area (Å²) in [6.07, 6.45) is 7.77. The number of likely N-dealkylation sites (N-methyl/N-ethyl adjacent to an activating group) is 1. The number of rotatable bonds is 9. The first-order valence-corrected chi connectivity index (χ1v) is 11.1. The van der Waals surface area contributed by atoms with Crippen molar-refractivity contribution in [2.45, 2.75) is 51.9 Å². The largest absolute Gasteiger partial charge is 0.370 e. The van der Waals surface area contributed by atoms with Crippen molar-refractivity contribution in [2.24, 2.45) is 0 Å². The van der Waals surface area contributed by atoms with E-state index in [0.29, 0.717) is 0 Å². The van der Waals surface area contributed by atoms with Crippen molar-refractivity contribution in [1.82, 2.24) is 4.48 Å². The molecule has 2 N–H and O–H groups in total. The van der Waals surface area contributed by atoms with Gasteiger partial charge < -0.3 is 14.5 Å². The number of morpholine rings is 1. The Bertz CT molecular complexity index is 593. The van der Waals surface area contributed by atoms with Gasteiger partial charge in [-0.15, -0.1) is 0 Å². The Hall–Kier alpha value is -0.710. The van der Waals surface area contributed by atoms with E-state index in [9.17, 15) is 14.4 Å². The molecule has 5 nitrogen and oxygen atoms in total. The molecule has 2 rings (SSSR count). The molecule has 1 heterocycles. The zero-order valence-electron chi connectivity index (χ0n) is 15.6. The Labute approximate surface area is 151 Å². The maximum atomic E-state index is 11.9. The minimum atomic E-state index is -4.24. The fourth-order valence-corrected chi connectivity index (χ4v) is 4.31. The van der Waals surface area contributed by atoms with E-state index in [1.807, 2.05) is 12.1 Å². The third-order valence-electron chi connectivity index (χ3n) is 5.26. The zero-order valence-corrected chi connectivity index (χ0v) is 16.5. The Balaban J connectivity index is 2.13. The van der Waals surface area contributed by atoms with Gasteiger partial charge in [0.05, 0.1) is 25.6 Å². The predicted octanol–water partition coefficient (Wildman–Crippen LogP) is 3.36. The summed E-state index contributed by atoms with van der Waals surface area (Å²) in [6.45, 7) is 5.44. The smallest absolute Gasteiger partial charge is 0.356 e. The van der Waals surface area contributed by atoms with E-state index in [2.05, 4.69) is 14.0 Å². The summed E-state index contributed by atoms with van der Waals surface area (Å²) in [5, 5.41) is 0.199. The molecular weight excluding hydrogens is 337 g/mol. The van der Waals surface area contributed by atoms with Crippen LogP contribution in [-0.2, 0) is 15.7 Å². The highest BCUT2D eigenvalue weighted by atomic mass is 31.2. The van der Waals surface area contributed by atoms with E-state index < -0.39 is 7.60 Å². The summed E-state index contributed by atoms with van der Waals surface area (Å²) in [6, 6.07) is 5.54. The number of nitrogens with zero attached hydrogens (tertiary/aromatic N) is 1. The first kappa shape index (κ1) is 20.6. The molecule has 1 fully saturated rings. The molecule has 0 aromatic heterocycles. The van der Waals surface area contributed by atoms with E-state index in [0.717, 1.165) is 61.3 Å². The van der Waals surface area contributed by atoms with Crippen molar-refractivity contribution >= 4 is 18.6 Å². The summed E-state index contributed by atoms with van der Waals surface area (Å²) < 4.78 is 18.1. The number of aryl methyl sites for hydroxylation is 1. The molecule has 6 heteroatoms. The van der Waals surface area contributed by atoms with Crippen molar-refractivity contribution in [1.29, 1.82) is 0 Å². The molecule has 0 saturated carbocycles. The first-order valence-electron chi connectivity index (χ1n) is 9.49. The number of unbranched alkanes of at least 4 members (excludes halogenated alkanes) is 5. The lowest BCUT2D eigenvalue weighted by atomic mass is 10.0. The van der Waals surface area contributed by atoms with Crippen LogP contribution in [0.25, 0.3) is 0 Å². The second-order valence-electron chi connectivity index (χ2n) is 7.33. The van der Waals surface area contributed by atoms with Crippen LogP contribution >= 0.6 is 7.60 Å². The molecule has 1 aliphatic heterocycles. The van der Waals surface area contributed by atoms with Crippen molar-refractivity contribution in [3.05, 3.63) is 23.8 Å². The first-order chi connectivity index (χ1) is 11.9. The Morgan fingerprint density at radius 1 is 1.08 bits per heavy atom. The van der Waals surface area contributed by atoms with E-state index in [-0.39, 0.29) is 5.30 Å². The third kappa shape index (κ3) is 5.90. The summed E-state index contributed by atoms with van der Waals surface area (Å²) in [4.78, 5) is 19.4. The monoisotopic (exact) mass is 370 g/mol. The van der Waals surface area contributed by atoms with Gasteiger partial charge in [0.1, 0.15) is 18.8 Å². The lowest BCUT2D eigenvalue weighted by Crippen LogP contribution is -2.53. The Morgan fingerprint density at radius 2 is 1.72 bits per heavy atom. The number of benzene rings is 1. The van der Waals surface area contributed by atoms with Crippen LogP contribution in [0.3, 0.4) is 0 Å². The number of ether oxygens (including phenoxy) is 1. The summed E-state index contributed by atoms with van der Waals surface area (Å²) >= 11 is 0. The van der Waals surface area contributed by atoms with Crippen LogP contribution in [-0.4, -0.2) is 43.1 Å². The highest BCUT2D eigenvalue weighted by molar-refractivity contribution is 7.60. The second kappa shape index (κ2) is 9.29. The maximum absolute atomic E-state index is 11.9. The highest BCUT2D eigenvalue weighted by Gasteiger charge is 2.30. The van der Waals surface area contributed by atoms with Crippen LogP contribution in [0, 0.1) is 0 Å². The molecule has 1 aromatic carbocycles. The fourth-order valence-electron chi connectivity index (χ4n) is 3.49. The Kier molecular flexibility index (Phi) is 7.66. The zero-order chi connectivity index (χ0) is 18.3. The number of quaternary nitrogens is 1. The van der Waals surface area contributed by atoms with Crippen molar-refractivity contribution in [2.75, 3.05) is 33.4 Å². The molecule has 0 bridgehead atoms. The summed E-state index contributed by atoms with van der Waals surface area (Å²) in [5.74, 6) is 0. The van der Waals surface area contributed by atoms with Crippen molar-refractivity contribution in [3.8, 4) is 0 Å². The number of hydrogen-bond acceptors (Lipinski definition) is 2. The van der Waals surface area contributed by atoms with Crippen LogP contribution in [0.15, 0.2) is 18.2 Å². The van der Waals surface area contributed by atoms with Gasteiger partial charge in [-0.05, 0) is 24.5 Å². The lowest BCUT2D eigenvalue weighted by molar-refractivity contribution is 0.0526. The molecule has 142 valence electrons. The average Bonchev–Trinajstić information content (AvgIpc) is 2.57. The summed E-state index contributed by atoms with van der Waals surface area (Å²) in [7, 11) is -2.07. The van der Waals surface area contributed by atoms with E-state index in [4.69, 9.17) is 4.74 Å². The van der Waals surface area contributed by atoms with Crippen molar-refractivity contribution < 1.29 is 19.1 Å². The molecule has 1 aromatic rings. The van der Waals surface area contributed by atoms with Crippen LogP contribution in [0.1, 0.15) is 51.0 Å². The molecule has 0 atom stereocenters. The quantitative estimate of drug-likeness (QED) is 0.397. The molecule has 1 saturated heterocycles. The van der Waals surface area contributed by atoms with E-state index >= 15 is 0 Å². The predicted molar refractivity (Wildman–Crippen MR) is 103 cm³/mol. The van der Waals surface area contributed by atoms with Gasteiger partial charge in [-0.2, -0.15) is 0 Å². The van der Waals surface area contributed by atoms with E-state index in [1.165, 1.54) is 25.7 Å². The minimum Gasteiger partial charge on any atom is -0.370 e. The van der Waals surface area contributed by atoms with Crippen LogP contribution < -0.4 is 9.79 Å². The van der Waals surface area contributed by atoms with Gasteiger partial charge in [0.25, 0.3) is 0 Å². The molecule has 25 heavy (non-hydrogen) atoms. The third-order valence-corrected chi connectivity index (χ3v) is 6.32. The molecule has 0 aliphatic carbocycles. The van der Waals surface area contributed by atoms with Gasteiger partial charge in [-0.25, -0.2) is 0 Å². The second-order valence-corrected chi connectivity index (χ2v) is 8.90. The van der Waals surface area contributed by atoms with Gasteiger partial charge in [-0.3, -0.25) is 9.05 Å². The molecule has 1 aliphatic rings. The van der Waals surface area contributed by atoms with Crippen molar-refractivity contribution in [3.63, 3.8) is 0 Å². The minimum absolute atomic E-state index is 0.199. The molecular formula is C19H33NO4P+. The van der Waals surface area contributed by atoms with Gasteiger partial charge in [0, 0.05) is 12.1 Å². The van der Waals surface area contributed by atoms with Gasteiger partial charge >= 0.3 is 7.60 Å². The van der Waals surface area contributed by atoms with Gasteiger partial charge in [0.15, 0.2) is 0 Å². The van der Waals surface area contributed by atoms with Gasteiger partial charge in [-0.1, -0.05) is 39.0 Å². The molecule has 0 radical (unpaired) electrons. The molecule has 0 unspecified atom stereocenters. The standard InChI is InChI=1S/C19H32NO4P/c1-3-4-5-6-7-8-9-17-16-18(10-11-19(17)25(21,22)23)20(2)12-14-24-15-13-20/h10-11,16H,3-9,12-15H2,1-2H3,(H-,21,22,23)/p+1. The van der Waals surface area contributed by atoms with Crippen LogP contribution in [0.4, 0.5) is 5.69 Å². The topological polar surface area (TPSA) is 66.8 Å². The molecule has 0 spiro atoms. The number of hydrogen-bond donors (Lipinski definition) is 2. The fraction of sp³-hybridized carbons (Fsp3) is 0.684. The highest BCUT2D eigenvalue weighted by Crippen LogP contribution is 2.37. The lowest BCUT2D eigenvalue weighted by Gasteiger charge is -2.37. The molecule has 0 amide bonds. The van der Waals surface area contributed by atoms with Crippen LogP contribution in [0.5, 0.6) is 0 Å². The van der Waals surface area contributed by atoms with Gasteiger partial charge in [0.2, 0.25) is 0 Å². The summed E-state index contributed by atoms with van der Waals surface area (Å²) in [5.41, 5.74) is 1.94. The SMILES string of the molecule is CCCCCCCCc1cc([N+]2(C)CCOCC2)ccc1P(=O)(O)O. The average molecular weight is 370 g/mol. The van der Waals surface area contributed by atoms with Crippen LogP contribution in [0.2, 0.25) is 0 Å².